The van der Waals surface area contributed by atoms with Gasteiger partial charge in [-0.2, -0.15) is 5.26 Å². The fraction of sp³-hybridized carbons (Fsp3) is 0.471. The van der Waals surface area contributed by atoms with Crippen molar-refractivity contribution in [1.82, 2.24) is 0 Å². The van der Waals surface area contributed by atoms with Gasteiger partial charge in [0.05, 0.1) is 24.8 Å². The van der Waals surface area contributed by atoms with Crippen molar-refractivity contribution in [3.8, 4) is 6.07 Å². The molecular formula is C17H21NO2. The summed E-state index contributed by atoms with van der Waals surface area (Å²) in [7, 11) is 0. The third kappa shape index (κ3) is 4.19. The van der Waals surface area contributed by atoms with Crippen molar-refractivity contribution >= 4 is 0 Å². The summed E-state index contributed by atoms with van der Waals surface area (Å²) in [6.45, 7) is 3.57. The van der Waals surface area contributed by atoms with Crippen LogP contribution in [0, 0.1) is 17.2 Å². The Morgan fingerprint density at radius 1 is 1.25 bits per heavy atom. The highest BCUT2D eigenvalue weighted by atomic mass is 16.7. The third-order valence-corrected chi connectivity index (χ3v) is 3.37. The van der Waals surface area contributed by atoms with Gasteiger partial charge in [0, 0.05) is 11.5 Å². The number of nitriles is 1. The zero-order valence-corrected chi connectivity index (χ0v) is 11.9. The molecule has 3 heteroatoms. The normalized spacial score (nSPS) is 22.8. The highest BCUT2D eigenvalue weighted by Gasteiger charge is 2.21. The summed E-state index contributed by atoms with van der Waals surface area (Å²) in [4.78, 5) is 0. The second-order valence-electron chi connectivity index (χ2n) is 5.06. The van der Waals surface area contributed by atoms with Crippen molar-refractivity contribution in [2.75, 3.05) is 13.2 Å². The van der Waals surface area contributed by atoms with Gasteiger partial charge in [-0.25, -0.2) is 0 Å². The lowest BCUT2D eigenvalue weighted by atomic mass is 10.1. The van der Waals surface area contributed by atoms with Gasteiger partial charge in [-0.1, -0.05) is 44.1 Å². The smallest absolute Gasteiger partial charge is 0.183 e. The first-order valence-corrected chi connectivity index (χ1v) is 7.23. The van der Waals surface area contributed by atoms with Crippen molar-refractivity contribution in [3.05, 3.63) is 47.5 Å². The van der Waals surface area contributed by atoms with E-state index in [0.29, 0.717) is 24.7 Å². The van der Waals surface area contributed by atoms with Crippen LogP contribution in [0.3, 0.4) is 0 Å². The molecule has 1 saturated heterocycles. The van der Waals surface area contributed by atoms with Crippen LogP contribution in [0.1, 0.15) is 43.6 Å². The van der Waals surface area contributed by atoms with Gasteiger partial charge in [0.15, 0.2) is 6.29 Å². The molecular weight excluding hydrogens is 250 g/mol. The van der Waals surface area contributed by atoms with E-state index in [9.17, 15) is 0 Å². The molecule has 0 saturated carbocycles. The first-order valence-electron chi connectivity index (χ1n) is 7.23. The number of hydrogen-bond acceptors (Lipinski definition) is 3. The molecule has 0 radical (unpaired) electrons. The molecule has 1 fully saturated rings. The SMILES string of the molecule is CCCC/C=C/[C@H]1CO[C@H](c2ccc(C#N)cc2)OC1. The summed E-state index contributed by atoms with van der Waals surface area (Å²) in [5.41, 5.74) is 1.62. The fourth-order valence-corrected chi connectivity index (χ4v) is 2.15. The molecule has 0 bridgehead atoms. The van der Waals surface area contributed by atoms with Gasteiger partial charge < -0.3 is 9.47 Å². The molecule has 1 aliphatic heterocycles. The second-order valence-corrected chi connectivity index (χ2v) is 5.06. The van der Waals surface area contributed by atoms with Crippen LogP contribution in [0.5, 0.6) is 0 Å². The lowest BCUT2D eigenvalue weighted by Crippen LogP contribution is -2.25. The van der Waals surface area contributed by atoms with Gasteiger partial charge in [-0.05, 0) is 18.6 Å². The molecule has 0 atom stereocenters. The van der Waals surface area contributed by atoms with Crippen molar-refractivity contribution < 1.29 is 9.47 Å². The van der Waals surface area contributed by atoms with E-state index in [2.05, 4.69) is 25.1 Å². The quantitative estimate of drug-likeness (QED) is 0.601. The second kappa shape index (κ2) is 7.84. The molecule has 0 spiro atoms. The van der Waals surface area contributed by atoms with E-state index in [1.165, 1.54) is 12.8 Å². The molecule has 0 aromatic heterocycles. The predicted molar refractivity (Wildman–Crippen MR) is 78.0 cm³/mol. The van der Waals surface area contributed by atoms with Crippen LogP contribution in [0.25, 0.3) is 0 Å². The van der Waals surface area contributed by atoms with E-state index in [4.69, 9.17) is 14.7 Å². The van der Waals surface area contributed by atoms with E-state index in [0.717, 1.165) is 12.0 Å². The minimum atomic E-state index is -0.303. The van der Waals surface area contributed by atoms with Gasteiger partial charge >= 0.3 is 0 Å². The molecule has 1 aromatic carbocycles. The lowest BCUT2D eigenvalue weighted by Gasteiger charge is -2.28. The number of ether oxygens (including phenoxy) is 2. The van der Waals surface area contributed by atoms with Crippen molar-refractivity contribution in [1.29, 1.82) is 5.26 Å². The van der Waals surface area contributed by atoms with Crippen molar-refractivity contribution in [2.24, 2.45) is 5.92 Å². The molecule has 1 aliphatic rings. The number of nitrogens with zero attached hydrogens (tertiary/aromatic N) is 1. The summed E-state index contributed by atoms with van der Waals surface area (Å²) in [6, 6.07) is 9.47. The predicted octanol–water partition coefficient (Wildman–Crippen LogP) is 3.97. The van der Waals surface area contributed by atoms with Gasteiger partial charge in [0.2, 0.25) is 0 Å². The zero-order chi connectivity index (χ0) is 14.2. The largest absolute Gasteiger partial charge is 0.348 e. The van der Waals surface area contributed by atoms with E-state index in [1.54, 1.807) is 12.1 Å². The minimum absolute atomic E-state index is 0.303. The first kappa shape index (κ1) is 14.8. The Morgan fingerprint density at radius 2 is 1.95 bits per heavy atom. The monoisotopic (exact) mass is 271 g/mol. The first-order chi connectivity index (χ1) is 9.83. The van der Waals surface area contributed by atoms with Crippen LogP contribution in [-0.4, -0.2) is 13.2 Å². The zero-order valence-electron chi connectivity index (χ0n) is 11.9. The summed E-state index contributed by atoms with van der Waals surface area (Å²) in [5.74, 6) is 0.349. The van der Waals surface area contributed by atoms with Crippen molar-refractivity contribution in [3.63, 3.8) is 0 Å². The Morgan fingerprint density at radius 3 is 2.55 bits per heavy atom. The van der Waals surface area contributed by atoms with Crippen molar-refractivity contribution in [2.45, 2.75) is 32.5 Å². The Balaban J connectivity index is 1.81. The van der Waals surface area contributed by atoms with Crippen LogP contribution in [0.15, 0.2) is 36.4 Å². The molecule has 1 aromatic rings. The topological polar surface area (TPSA) is 42.2 Å². The molecule has 1 heterocycles. The highest BCUT2D eigenvalue weighted by molar-refractivity contribution is 5.32. The van der Waals surface area contributed by atoms with Crippen LogP contribution in [0.4, 0.5) is 0 Å². The number of benzene rings is 1. The maximum Gasteiger partial charge on any atom is 0.183 e. The molecule has 0 unspecified atom stereocenters. The summed E-state index contributed by atoms with van der Waals surface area (Å²) in [5, 5.41) is 8.77. The standard InChI is InChI=1S/C17H21NO2/c1-2-3-4-5-6-15-12-19-17(20-13-15)16-9-7-14(11-18)8-10-16/h5-10,15,17H,2-4,12-13H2,1H3/b6-5+/t15-,17-. The molecule has 106 valence electrons. The number of unbranched alkanes of at least 4 members (excludes halogenated alkanes) is 2. The van der Waals surface area contributed by atoms with Gasteiger partial charge in [0.1, 0.15) is 0 Å². The van der Waals surface area contributed by atoms with Gasteiger partial charge in [-0.3, -0.25) is 0 Å². The van der Waals surface area contributed by atoms with Gasteiger partial charge in [0.25, 0.3) is 0 Å². The van der Waals surface area contributed by atoms with Crippen LogP contribution < -0.4 is 0 Å². The average Bonchev–Trinajstić information content (AvgIpc) is 2.52. The highest BCUT2D eigenvalue weighted by Crippen LogP contribution is 2.25. The molecule has 20 heavy (non-hydrogen) atoms. The molecule has 3 nitrogen and oxygen atoms in total. The third-order valence-electron chi connectivity index (χ3n) is 3.37. The molecule has 0 N–H and O–H groups in total. The van der Waals surface area contributed by atoms with E-state index in [-0.39, 0.29) is 6.29 Å². The Kier molecular flexibility index (Phi) is 5.79. The average molecular weight is 271 g/mol. The molecule has 2 rings (SSSR count). The van der Waals surface area contributed by atoms with E-state index < -0.39 is 0 Å². The maximum atomic E-state index is 8.77. The minimum Gasteiger partial charge on any atom is -0.348 e. The maximum absolute atomic E-state index is 8.77. The van der Waals surface area contributed by atoms with Crippen LogP contribution in [0.2, 0.25) is 0 Å². The number of rotatable bonds is 5. The summed E-state index contributed by atoms with van der Waals surface area (Å²) < 4.78 is 11.5. The lowest BCUT2D eigenvalue weighted by molar-refractivity contribution is -0.197. The van der Waals surface area contributed by atoms with E-state index >= 15 is 0 Å². The molecule has 0 amide bonds. The summed E-state index contributed by atoms with van der Waals surface area (Å²) in [6.07, 6.45) is 7.71. The fourth-order valence-electron chi connectivity index (χ4n) is 2.15. The van der Waals surface area contributed by atoms with Gasteiger partial charge in [-0.15, -0.1) is 0 Å². The van der Waals surface area contributed by atoms with Crippen LogP contribution in [-0.2, 0) is 9.47 Å². The Labute approximate surface area is 120 Å². The number of hydrogen-bond donors (Lipinski definition) is 0. The van der Waals surface area contributed by atoms with Crippen LogP contribution >= 0.6 is 0 Å². The Hall–Kier alpha value is -1.63. The summed E-state index contributed by atoms with van der Waals surface area (Å²) >= 11 is 0. The molecule has 0 aliphatic carbocycles. The van der Waals surface area contributed by atoms with E-state index in [1.807, 2.05) is 12.1 Å². The Bertz CT molecular complexity index is 465. The number of allylic oxidation sites excluding steroid dienone is 1.